The predicted octanol–water partition coefficient (Wildman–Crippen LogP) is 3.13. The molecule has 0 heterocycles. The van der Waals surface area contributed by atoms with Crippen LogP contribution in [-0.4, -0.2) is 57.6 Å². The summed E-state index contributed by atoms with van der Waals surface area (Å²) in [5.41, 5.74) is 0.826. The molecule has 2 aromatic carbocycles. The molecule has 4 atom stereocenters. The molecule has 0 aliphatic heterocycles. The molecule has 198 valence electrons. The molecule has 6 N–H and O–H groups in total. The van der Waals surface area contributed by atoms with E-state index in [2.05, 4.69) is 21.3 Å². The second-order valence-electron chi connectivity index (χ2n) is 11.3. The highest BCUT2D eigenvalue weighted by molar-refractivity contribution is 5.75. The van der Waals surface area contributed by atoms with Gasteiger partial charge in [-0.05, 0) is 65.5 Å². The Morgan fingerprint density at radius 1 is 0.639 bits per heavy atom. The zero-order valence-corrected chi connectivity index (χ0v) is 22.2. The first-order chi connectivity index (χ1) is 16.7. The number of benzene rings is 2. The lowest BCUT2D eigenvalue weighted by Crippen LogP contribution is -2.61. The van der Waals surface area contributed by atoms with Gasteiger partial charge in [-0.15, -0.1) is 0 Å². The molecule has 3 unspecified atom stereocenters. The molecule has 0 bridgehead atoms. The molecule has 0 aromatic heterocycles. The molecular formula is C28H42N4O4. The number of nitrogens with one attached hydrogen (secondary N) is 4. The summed E-state index contributed by atoms with van der Waals surface area (Å²) in [7, 11) is 0. The number of aliphatic hydroxyl groups is 2. The Morgan fingerprint density at radius 2 is 0.944 bits per heavy atom. The van der Waals surface area contributed by atoms with Crippen LogP contribution in [0, 0.1) is 0 Å². The van der Waals surface area contributed by atoms with E-state index in [-0.39, 0.29) is 0 Å². The summed E-state index contributed by atoms with van der Waals surface area (Å²) in [6, 6.07) is 16.3. The molecule has 0 saturated heterocycles. The summed E-state index contributed by atoms with van der Waals surface area (Å²) in [4.78, 5) is 25.4. The van der Waals surface area contributed by atoms with Crippen LogP contribution in [0.2, 0.25) is 0 Å². The number of hydrogen-bond donors (Lipinski definition) is 6. The van der Waals surface area contributed by atoms with Crippen molar-refractivity contribution in [1.29, 1.82) is 0 Å². The topological polar surface area (TPSA) is 123 Å². The van der Waals surface area contributed by atoms with E-state index in [0.717, 1.165) is 11.1 Å². The van der Waals surface area contributed by atoms with Crippen LogP contribution in [0.3, 0.4) is 0 Å². The van der Waals surface area contributed by atoms with Crippen molar-refractivity contribution < 1.29 is 19.8 Å². The van der Waals surface area contributed by atoms with E-state index >= 15 is 0 Å². The third-order valence-corrected chi connectivity index (χ3v) is 5.38. The van der Waals surface area contributed by atoms with E-state index in [1.807, 2.05) is 102 Å². The van der Waals surface area contributed by atoms with Crippen molar-refractivity contribution in [2.75, 3.05) is 0 Å². The molecule has 0 fully saturated rings. The van der Waals surface area contributed by atoms with Crippen molar-refractivity contribution in [3.05, 3.63) is 71.8 Å². The van der Waals surface area contributed by atoms with E-state index in [9.17, 15) is 19.8 Å². The van der Waals surface area contributed by atoms with Crippen molar-refractivity contribution in [2.24, 2.45) is 0 Å². The Kier molecular flexibility index (Phi) is 10.3. The van der Waals surface area contributed by atoms with Crippen LogP contribution in [0.15, 0.2) is 60.7 Å². The minimum absolute atomic E-state index is 0.295. The van der Waals surface area contributed by atoms with Gasteiger partial charge in [-0.2, -0.15) is 0 Å². The molecule has 36 heavy (non-hydrogen) atoms. The van der Waals surface area contributed by atoms with E-state index in [1.54, 1.807) is 0 Å². The van der Waals surface area contributed by atoms with Gasteiger partial charge in [-0.1, -0.05) is 60.7 Å². The van der Waals surface area contributed by atoms with E-state index in [0.29, 0.717) is 12.8 Å². The Balaban J connectivity index is 2.29. The summed E-state index contributed by atoms with van der Waals surface area (Å²) >= 11 is 0. The van der Waals surface area contributed by atoms with Gasteiger partial charge in [-0.3, -0.25) is 0 Å². The van der Waals surface area contributed by atoms with Gasteiger partial charge in [-0.25, -0.2) is 9.59 Å². The molecule has 4 amide bonds. The van der Waals surface area contributed by atoms with E-state index < -0.39 is 47.4 Å². The number of carbonyl (C=O) groups is 2. The summed E-state index contributed by atoms with van der Waals surface area (Å²) in [5, 5.41) is 33.9. The smallest absolute Gasteiger partial charge is 0.315 e. The molecule has 0 aliphatic rings. The molecule has 2 rings (SSSR count). The number of carbonyl (C=O) groups excluding carboxylic acids is 2. The summed E-state index contributed by atoms with van der Waals surface area (Å²) in [5.74, 6) is 0. The first-order valence-corrected chi connectivity index (χ1v) is 12.3. The average molecular weight is 499 g/mol. The second kappa shape index (κ2) is 12.7. The fourth-order valence-corrected chi connectivity index (χ4v) is 3.82. The zero-order valence-electron chi connectivity index (χ0n) is 22.2. The Labute approximate surface area is 214 Å². The molecular weight excluding hydrogens is 456 g/mol. The fourth-order valence-electron chi connectivity index (χ4n) is 3.82. The van der Waals surface area contributed by atoms with Crippen LogP contribution in [0.25, 0.3) is 0 Å². The van der Waals surface area contributed by atoms with Crippen LogP contribution >= 0.6 is 0 Å². The number of rotatable bonds is 9. The monoisotopic (exact) mass is 498 g/mol. The predicted molar refractivity (Wildman–Crippen MR) is 143 cm³/mol. The normalized spacial score (nSPS) is 15.2. The maximum absolute atomic E-state index is 12.7. The van der Waals surface area contributed by atoms with E-state index in [1.165, 1.54) is 0 Å². The van der Waals surface area contributed by atoms with Crippen LogP contribution in [0.4, 0.5) is 9.59 Å². The lowest BCUT2D eigenvalue weighted by Gasteiger charge is -2.34. The number of amides is 4. The lowest BCUT2D eigenvalue weighted by molar-refractivity contribution is -0.0199. The van der Waals surface area contributed by atoms with Gasteiger partial charge in [0.15, 0.2) is 0 Å². The summed E-state index contributed by atoms with van der Waals surface area (Å²) < 4.78 is 0. The number of hydrogen-bond acceptors (Lipinski definition) is 4. The first kappa shape index (κ1) is 29.1. The highest BCUT2D eigenvalue weighted by atomic mass is 16.3. The van der Waals surface area contributed by atoms with Gasteiger partial charge in [0.2, 0.25) is 0 Å². The van der Waals surface area contributed by atoms with Crippen LogP contribution in [-0.2, 0) is 12.8 Å². The first-order valence-electron chi connectivity index (χ1n) is 12.3. The zero-order chi connectivity index (χ0) is 26.9. The van der Waals surface area contributed by atoms with Crippen molar-refractivity contribution in [2.45, 2.75) is 89.8 Å². The molecule has 8 nitrogen and oxygen atoms in total. The molecule has 0 radical (unpaired) electrons. The molecule has 0 aliphatic carbocycles. The highest BCUT2D eigenvalue weighted by Gasteiger charge is 2.35. The minimum atomic E-state index is -1.36. The Bertz CT molecular complexity index is 876. The van der Waals surface area contributed by atoms with Crippen molar-refractivity contribution in [3.63, 3.8) is 0 Å². The maximum atomic E-state index is 12.7. The standard InChI is InChI=1S/C28H42N4O4/c1-27(2,3)31-25(35)29-21(17-19-13-9-7-10-14-19)23(33)24(34)22(18-20-15-11-8-12-16-20)30-26(36)32-28(4,5)6/h7-16,21-24,33-34H,17-18H2,1-6H3,(H2,29,31,35)(H2,30,32,36)/t21-,22?,23?,24?/m0/s1. The lowest BCUT2D eigenvalue weighted by atomic mass is 9.91. The van der Waals surface area contributed by atoms with Gasteiger partial charge < -0.3 is 31.5 Å². The summed E-state index contributed by atoms with van der Waals surface area (Å²) in [6.45, 7) is 11.2. The average Bonchev–Trinajstić information content (AvgIpc) is 2.76. The van der Waals surface area contributed by atoms with Gasteiger partial charge in [0, 0.05) is 11.1 Å². The highest BCUT2D eigenvalue weighted by Crippen LogP contribution is 2.15. The Hall–Kier alpha value is -3.10. The molecule has 0 saturated carbocycles. The largest absolute Gasteiger partial charge is 0.388 e. The molecule has 2 aromatic rings. The number of aliphatic hydroxyl groups excluding tert-OH is 2. The second-order valence-corrected chi connectivity index (χ2v) is 11.3. The van der Waals surface area contributed by atoms with Crippen molar-refractivity contribution in [3.8, 4) is 0 Å². The Morgan fingerprint density at radius 3 is 1.22 bits per heavy atom. The van der Waals surface area contributed by atoms with Gasteiger partial charge in [0.25, 0.3) is 0 Å². The molecule has 8 heteroatoms. The quantitative estimate of drug-likeness (QED) is 0.318. The summed E-state index contributed by atoms with van der Waals surface area (Å²) in [6.07, 6.45) is -2.13. The van der Waals surface area contributed by atoms with Gasteiger partial charge in [0.05, 0.1) is 12.1 Å². The molecule has 0 spiro atoms. The third kappa shape index (κ3) is 10.7. The fraction of sp³-hybridized carbons (Fsp3) is 0.500. The third-order valence-electron chi connectivity index (χ3n) is 5.38. The SMILES string of the molecule is CC(C)(C)NC(=O)NC(Cc1ccccc1)C(O)C(O)[C@H](Cc1ccccc1)NC(=O)NC(C)(C)C. The maximum Gasteiger partial charge on any atom is 0.315 e. The number of urea groups is 2. The van der Waals surface area contributed by atoms with E-state index in [4.69, 9.17) is 0 Å². The minimum Gasteiger partial charge on any atom is -0.388 e. The van der Waals surface area contributed by atoms with Crippen LogP contribution < -0.4 is 21.3 Å². The van der Waals surface area contributed by atoms with Gasteiger partial charge >= 0.3 is 12.1 Å². The van der Waals surface area contributed by atoms with Crippen LogP contribution in [0.1, 0.15) is 52.7 Å². The van der Waals surface area contributed by atoms with Crippen LogP contribution in [0.5, 0.6) is 0 Å². The van der Waals surface area contributed by atoms with Crippen molar-refractivity contribution >= 4 is 12.1 Å². The van der Waals surface area contributed by atoms with Gasteiger partial charge in [0.1, 0.15) is 12.2 Å². The van der Waals surface area contributed by atoms with Crippen molar-refractivity contribution in [1.82, 2.24) is 21.3 Å².